The highest BCUT2D eigenvalue weighted by Crippen LogP contribution is 2.34. The molecule has 0 saturated carbocycles. The smallest absolute Gasteiger partial charge is 0.350 e. The minimum Gasteiger partial charge on any atom is -0.462 e. The van der Waals surface area contributed by atoms with Crippen molar-refractivity contribution in [1.29, 1.82) is 0 Å². The summed E-state index contributed by atoms with van der Waals surface area (Å²) in [6.45, 7) is 6.15. The highest BCUT2D eigenvalue weighted by atomic mass is 32.1. The minimum atomic E-state index is -0.374. The zero-order valence-electron chi connectivity index (χ0n) is 20.8. The van der Waals surface area contributed by atoms with E-state index in [1.165, 1.54) is 16.9 Å². The van der Waals surface area contributed by atoms with Crippen LogP contribution in [-0.2, 0) is 24.1 Å². The van der Waals surface area contributed by atoms with Gasteiger partial charge in [0.25, 0.3) is 0 Å². The molecule has 11 heteroatoms. The summed E-state index contributed by atoms with van der Waals surface area (Å²) in [5.41, 5.74) is 4.02. The van der Waals surface area contributed by atoms with Crippen molar-refractivity contribution in [3.63, 3.8) is 0 Å². The van der Waals surface area contributed by atoms with E-state index in [1.807, 2.05) is 24.4 Å². The third kappa shape index (κ3) is 5.83. The molecule has 190 valence electrons. The van der Waals surface area contributed by atoms with E-state index in [0.29, 0.717) is 34.8 Å². The van der Waals surface area contributed by atoms with Gasteiger partial charge in [0.2, 0.25) is 5.95 Å². The summed E-state index contributed by atoms with van der Waals surface area (Å²) in [6, 6.07) is 8.03. The summed E-state index contributed by atoms with van der Waals surface area (Å²) in [4.78, 5) is 37.5. The first kappa shape index (κ1) is 24.6. The number of rotatable bonds is 10. The Morgan fingerprint density at radius 2 is 1.97 bits per heavy atom. The van der Waals surface area contributed by atoms with Crippen molar-refractivity contribution in [3.8, 4) is 0 Å². The van der Waals surface area contributed by atoms with Crippen molar-refractivity contribution in [2.75, 3.05) is 35.2 Å². The maximum atomic E-state index is 12.3. The number of fused-ring (bicyclic) bond motifs is 1. The van der Waals surface area contributed by atoms with E-state index in [0.717, 1.165) is 48.7 Å². The van der Waals surface area contributed by atoms with Gasteiger partial charge in [-0.25, -0.2) is 9.78 Å². The van der Waals surface area contributed by atoms with Crippen molar-refractivity contribution in [2.24, 2.45) is 0 Å². The molecule has 5 heterocycles. The lowest BCUT2D eigenvalue weighted by Gasteiger charge is -2.19. The van der Waals surface area contributed by atoms with Gasteiger partial charge >= 0.3 is 5.97 Å². The number of aryl methyl sites for hydroxylation is 1. The number of nitrogens with one attached hydrogen (secondary N) is 2. The molecule has 0 fully saturated rings. The van der Waals surface area contributed by atoms with Gasteiger partial charge in [-0.15, -0.1) is 0 Å². The molecule has 0 radical (unpaired) electrons. The second-order valence-electron chi connectivity index (χ2n) is 8.54. The molecule has 10 nitrogen and oxygen atoms in total. The van der Waals surface area contributed by atoms with E-state index in [2.05, 4.69) is 36.6 Å². The van der Waals surface area contributed by atoms with Gasteiger partial charge in [0.1, 0.15) is 16.5 Å². The third-order valence-corrected chi connectivity index (χ3v) is 7.00. The molecular weight excluding hydrogens is 488 g/mol. The van der Waals surface area contributed by atoms with Crippen LogP contribution in [0.4, 0.5) is 22.7 Å². The summed E-state index contributed by atoms with van der Waals surface area (Å²) in [5.74, 6) is 1.73. The van der Waals surface area contributed by atoms with Gasteiger partial charge in [0.15, 0.2) is 5.13 Å². The molecule has 0 atom stereocenters. The van der Waals surface area contributed by atoms with Gasteiger partial charge in [-0.2, -0.15) is 9.97 Å². The van der Waals surface area contributed by atoms with Crippen molar-refractivity contribution >= 4 is 40.0 Å². The number of thiazole rings is 1. The monoisotopic (exact) mass is 516 g/mol. The Morgan fingerprint density at radius 1 is 1.11 bits per heavy atom. The normalized spacial score (nSPS) is 12.3. The van der Waals surface area contributed by atoms with Crippen LogP contribution >= 0.6 is 11.3 Å². The molecule has 1 aliphatic rings. The number of nitrogens with zero attached hydrogens (tertiary/aromatic N) is 6. The maximum absolute atomic E-state index is 12.3. The molecule has 0 unspecified atom stereocenters. The summed E-state index contributed by atoms with van der Waals surface area (Å²) in [6.07, 6.45) is 8.95. The SMILES string of the molecule is CCOC(=O)c1sc(Nc2nc(NCCc3ccncc3)c3c(n2)N(Cc2cccnc2)CC3)nc1C. The molecule has 4 aromatic heterocycles. The zero-order valence-corrected chi connectivity index (χ0v) is 21.6. The van der Waals surface area contributed by atoms with E-state index >= 15 is 0 Å². The molecule has 37 heavy (non-hydrogen) atoms. The van der Waals surface area contributed by atoms with Crippen LogP contribution in [0.1, 0.15) is 39.0 Å². The number of hydrogen-bond donors (Lipinski definition) is 2. The predicted octanol–water partition coefficient (Wildman–Crippen LogP) is 4.17. The number of anilines is 4. The van der Waals surface area contributed by atoms with Gasteiger partial charge in [0, 0.05) is 50.0 Å². The predicted molar refractivity (Wildman–Crippen MR) is 144 cm³/mol. The third-order valence-electron chi connectivity index (χ3n) is 5.94. The highest BCUT2D eigenvalue weighted by Gasteiger charge is 2.26. The Morgan fingerprint density at radius 3 is 2.76 bits per heavy atom. The van der Waals surface area contributed by atoms with Gasteiger partial charge < -0.3 is 15.0 Å². The first-order valence-electron chi connectivity index (χ1n) is 12.2. The lowest BCUT2D eigenvalue weighted by molar-refractivity contribution is 0.0531. The number of hydrogen-bond acceptors (Lipinski definition) is 11. The largest absolute Gasteiger partial charge is 0.462 e. The van der Waals surface area contributed by atoms with Crippen molar-refractivity contribution in [2.45, 2.75) is 33.2 Å². The summed E-state index contributed by atoms with van der Waals surface area (Å²) in [5, 5.41) is 7.27. The van der Waals surface area contributed by atoms with Gasteiger partial charge in [-0.05, 0) is 56.0 Å². The quantitative estimate of drug-likeness (QED) is 0.297. The van der Waals surface area contributed by atoms with E-state index in [9.17, 15) is 4.79 Å². The molecule has 0 saturated heterocycles. The fourth-order valence-electron chi connectivity index (χ4n) is 4.19. The molecule has 2 N–H and O–H groups in total. The Labute approximate surface area is 219 Å². The Bertz CT molecular complexity index is 1360. The lowest BCUT2D eigenvalue weighted by atomic mass is 10.2. The van der Waals surface area contributed by atoms with Crippen LogP contribution in [0.5, 0.6) is 0 Å². The van der Waals surface area contributed by atoms with Crippen LogP contribution in [-0.4, -0.2) is 50.6 Å². The number of carbonyl (C=O) groups is 1. The lowest BCUT2D eigenvalue weighted by Crippen LogP contribution is -2.21. The maximum Gasteiger partial charge on any atom is 0.350 e. The van der Waals surface area contributed by atoms with Crippen molar-refractivity contribution in [1.82, 2.24) is 24.9 Å². The van der Waals surface area contributed by atoms with E-state index in [1.54, 1.807) is 32.4 Å². The average Bonchev–Trinajstić information content (AvgIpc) is 3.48. The van der Waals surface area contributed by atoms with Crippen LogP contribution in [0.3, 0.4) is 0 Å². The van der Waals surface area contributed by atoms with E-state index in [-0.39, 0.29) is 5.97 Å². The van der Waals surface area contributed by atoms with Crippen LogP contribution in [0.2, 0.25) is 0 Å². The standard InChI is InChI=1S/C26H28N8O2S/c1-3-36-24(35)21-17(2)30-26(37-21)33-25-31-22(29-13-8-18-6-11-27-12-7-18)20-9-14-34(23(20)32-25)16-19-5-4-10-28-15-19/h4-7,10-12,15H,3,8-9,13-14,16H2,1-2H3,(H2,29,30,31,32,33). The average molecular weight is 517 g/mol. The van der Waals surface area contributed by atoms with E-state index in [4.69, 9.17) is 14.7 Å². The van der Waals surface area contributed by atoms with Crippen LogP contribution in [0.25, 0.3) is 0 Å². The number of carbonyl (C=O) groups excluding carboxylic acids is 1. The molecule has 5 rings (SSSR count). The zero-order chi connectivity index (χ0) is 25.6. The molecule has 1 aliphatic heterocycles. The van der Waals surface area contributed by atoms with Crippen molar-refractivity contribution < 1.29 is 9.53 Å². The van der Waals surface area contributed by atoms with Gasteiger partial charge in [-0.1, -0.05) is 17.4 Å². The fourth-order valence-corrected chi connectivity index (χ4v) is 5.04. The number of pyridine rings is 2. The first-order chi connectivity index (χ1) is 18.1. The summed E-state index contributed by atoms with van der Waals surface area (Å²) in [7, 11) is 0. The fraction of sp³-hybridized carbons (Fsp3) is 0.308. The molecule has 0 aliphatic carbocycles. The number of ether oxygens (including phenoxy) is 1. The Kier molecular flexibility index (Phi) is 7.50. The summed E-state index contributed by atoms with van der Waals surface area (Å²) >= 11 is 1.24. The molecule has 0 spiro atoms. The molecule has 0 aromatic carbocycles. The second-order valence-corrected chi connectivity index (χ2v) is 9.54. The molecule has 4 aromatic rings. The van der Waals surface area contributed by atoms with Crippen LogP contribution < -0.4 is 15.5 Å². The van der Waals surface area contributed by atoms with Crippen molar-refractivity contribution in [3.05, 3.63) is 76.3 Å². The highest BCUT2D eigenvalue weighted by molar-refractivity contribution is 7.17. The second kappa shape index (κ2) is 11.3. The Hall–Kier alpha value is -4.12. The van der Waals surface area contributed by atoms with Gasteiger partial charge in [0.05, 0.1) is 12.3 Å². The van der Waals surface area contributed by atoms with Crippen LogP contribution in [0.15, 0.2) is 49.1 Å². The van der Waals surface area contributed by atoms with Gasteiger partial charge in [-0.3, -0.25) is 15.3 Å². The summed E-state index contributed by atoms with van der Waals surface area (Å²) < 4.78 is 5.15. The van der Waals surface area contributed by atoms with Crippen LogP contribution in [0, 0.1) is 6.92 Å². The molecule has 0 bridgehead atoms. The van der Waals surface area contributed by atoms with E-state index < -0.39 is 0 Å². The molecular formula is C26H28N8O2S. The topological polar surface area (TPSA) is 118 Å². The minimum absolute atomic E-state index is 0.314. The number of aromatic nitrogens is 5. The molecule has 0 amide bonds. The Balaban J connectivity index is 1.41. The number of esters is 1. The first-order valence-corrected chi connectivity index (χ1v) is 13.0.